The Labute approximate surface area is 437 Å². The first kappa shape index (κ1) is 43.8. The third-order valence-corrected chi connectivity index (χ3v) is 16.8. The van der Waals surface area contributed by atoms with Gasteiger partial charge in [0.2, 0.25) is 0 Å². The number of anilines is 3. The van der Waals surface area contributed by atoms with E-state index < -0.39 is 0 Å². The standard InChI is InChI=1S/C74H55N/c1-73(2,3)47-28-32-49(33-29-47)75(50-34-30-48(31-35-50)74(4,5)6)62-43-42-59-66-57(62)26-17-27-58(66)69-63(45-20-12-8-13-21-45)71-60-40-38-55-53-25-16-24-52-51(44-18-10-7-11-19-44)36-37-54(65(52)53)56-39-41-61(68(60)67(55)56)72(71)64(70(59)69)46-22-14-9-15-23-46/h7-43H,1-6H3. The average Bonchev–Trinajstić information content (AvgIpc) is 4.11. The number of nitrogens with zero attached hydrogens (tertiary/aromatic N) is 1. The highest BCUT2D eigenvalue weighted by Crippen LogP contribution is 2.58. The van der Waals surface area contributed by atoms with Crippen molar-refractivity contribution in [3.8, 4) is 33.4 Å². The van der Waals surface area contributed by atoms with Gasteiger partial charge in [0.1, 0.15) is 0 Å². The van der Waals surface area contributed by atoms with Crippen molar-refractivity contribution in [2.45, 2.75) is 52.4 Å². The molecule has 356 valence electrons. The maximum absolute atomic E-state index is 2.48. The van der Waals surface area contributed by atoms with Gasteiger partial charge in [0, 0.05) is 16.8 Å². The molecule has 0 heterocycles. The Morgan fingerprint density at radius 2 is 0.587 bits per heavy atom. The van der Waals surface area contributed by atoms with Gasteiger partial charge in [0.15, 0.2) is 0 Å². The van der Waals surface area contributed by atoms with Crippen molar-refractivity contribution < 1.29 is 0 Å². The largest absolute Gasteiger partial charge is 0.310 e. The average molecular weight is 958 g/mol. The summed E-state index contributed by atoms with van der Waals surface area (Å²) < 4.78 is 0. The third-order valence-electron chi connectivity index (χ3n) is 16.8. The highest BCUT2D eigenvalue weighted by atomic mass is 15.1. The quantitative estimate of drug-likeness (QED) is 0.119. The van der Waals surface area contributed by atoms with Gasteiger partial charge in [-0.1, -0.05) is 236 Å². The van der Waals surface area contributed by atoms with E-state index in [1.54, 1.807) is 0 Å². The van der Waals surface area contributed by atoms with Crippen LogP contribution in [0.4, 0.5) is 17.1 Å². The van der Waals surface area contributed by atoms with Crippen molar-refractivity contribution in [2.24, 2.45) is 0 Å². The molecule has 0 aliphatic heterocycles. The van der Waals surface area contributed by atoms with Crippen LogP contribution in [0.3, 0.4) is 0 Å². The first-order chi connectivity index (χ1) is 36.5. The van der Waals surface area contributed by atoms with Crippen LogP contribution in [0.5, 0.6) is 0 Å². The van der Waals surface area contributed by atoms with Gasteiger partial charge in [-0.2, -0.15) is 0 Å². The second kappa shape index (κ2) is 15.9. The normalized spacial score (nSPS) is 12.7. The van der Waals surface area contributed by atoms with E-state index in [1.165, 1.54) is 147 Å². The first-order valence-electron chi connectivity index (χ1n) is 26.7. The van der Waals surface area contributed by atoms with Crippen molar-refractivity contribution in [1.29, 1.82) is 0 Å². The zero-order valence-corrected chi connectivity index (χ0v) is 43.3. The highest BCUT2D eigenvalue weighted by molar-refractivity contribution is 6.49. The van der Waals surface area contributed by atoms with E-state index in [1.807, 2.05) is 0 Å². The molecule has 0 N–H and O–H groups in total. The van der Waals surface area contributed by atoms with Crippen LogP contribution in [-0.2, 0) is 10.8 Å². The van der Waals surface area contributed by atoms with Crippen molar-refractivity contribution in [3.63, 3.8) is 0 Å². The first-order valence-corrected chi connectivity index (χ1v) is 26.7. The number of rotatable bonds is 6. The van der Waals surface area contributed by atoms with E-state index in [-0.39, 0.29) is 10.8 Å². The molecule has 15 rings (SSSR count). The smallest absolute Gasteiger partial charge is 0.0540 e. The molecule has 1 nitrogen and oxygen atoms in total. The Balaban J connectivity index is 1.08. The molecule has 0 spiro atoms. The molecule has 0 unspecified atom stereocenters. The van der Waals surface area contributed by atoms with Crippen molar-refractivity contribution in [3.05, 3.63) is 236 Å². The fraction of sp³-hybridized carbons (Fsp3) is 0.108. The van der Waals surface area contributed by atoms with E-state index >= 15 is 0 Å². The molecule has 0 saturated carbocycles. The Kier molecular flexibility index (Phi) is 9.26. The molecule has 15 aromatic rings. The molecule has 0 aliphatic carbocycles. The highest BCUT2D eigenvalue weighted by Gasteiger charge is 2.30. The van der Waals surface area contributed by atoms with Crippen molar-refractivity contribution in [1.82, 2.24) is 0 Å². The summed E-state index contributed by atoms with van der Waals surface area (Å²) in [5, 5.41) is 23.6. The summed E-state index contributed by atoms with van der Waals surface area (Å²) in [6, 6.07) is 85.3. The number of benzene rings is 13. The SMILES string of the molecule is CC(C)(C)c1ccc(N(c2ccc(C(C)(C)C)cc2)c2ccc3c4c(-c5ccccc5)c5c6ccc7c8ccc(-c9ccccc9)c9cccc(c%10ccc(c5c(-c5ccccc5)c4c4cccc2c43)c6c%107)c98)cc1. The van der Waals surface area contributed by atoms with Crippen LogP contribution in [-0.4, -0.2) is 0 Å². The van der Waals surface area contributed by atoms with Gasteiger partial charge in [-0.05, 0) is 177 Å². The number of hydrogen-bond acceptors (Lipinski definition) is 1. The molecule has 0 saturated heterocycles. The lowest BCUT2D eigenvalue weighted by Gasteiger charge is -2.29. The van der Waals surface area contributed by atoms with Gasteiger partial charge in [-0.3, -0.25) is 0 Å². The molecule has 0 atom stereocenters. The predicted molar refractivity (Wildman–Crippen MR) is 326 cm³/mol. The van der Waals surface area contributed by atoms with Crippen LogP contribution < -0.4 is 4.90 Å². The maximum atomic E-state index is 2.48. The lowest BCUT2D eigenvalue weighted by Crippen LogP contribution is -2.14. The van der Waals surface area contributed by atoms with Crippen LogP contribution in [0.1, 0.15) is 52.7 Å². The second-order valence-corrected chi connectivity index (χ2v) is 23.1. The minimum atomic E-state index is 0.0397. The molecular weight excluding hydrogens is 903 g/mol. The zero-order chi connectivity index (χ0) is 50.5. The van der Waals surface area contributed by atoms with Crippen LogP contribution in [0.25, 0.3) is 130 Å². The molecule has 0 aliphatic rings. The minimum absolute atomic E-state index is 0.0397. The number of hydrogen-bond donors (Lipinski definition) is 0. The molecule has 0 amide bonds. The van der Waals surface area contributed by atoms with E-state index in [4.69, 9.17) is 0 Å². The van der Waals surface area contributed by atoms with E-state index in [9.17, 15) is 0 Å². The third kappa shape index (κ3) is 6.31. The molecule has 0 fully saturated rings. The Morgan fingerprint density at radius 3 is 1.09 bits per heavy atom. The minimum Gasteiger partial charge on any atom is -0.310 e. The van der Waals surface area contributed by atoms with Crippen LogP contribution in [0.2, 0.25) is 0 Å². The van der Waals surface area contributed by atoms with Crippen molar-refractivity contribution in [2.75, 3.05) is 4.90 Å². The van der Waals surface area contributed by atoms with Gasteiger partial charge in [0.05, 0.1) is 5.69 Å². The summed E-state index contributed by atoms with van der Waals surface area (Å²) >= 11 is 0. The fourth-order valence-electron chi connectivity index (χ4n) is 13.4. The predicted octanol–water partition coefficient (Wildman–Crippen LogP) is 21.4. The summed E-state index contributed by atoms with van der Waals surface area (Å²) in [7, 11) is 0. The van der Waals surface area contributed by atoms with Gasteiger partial charge in [-0.15, -0.1) is 0 Å². The zero-order valence-electron chi connectivity index (χ0n) is 43.3. The van der Waals surface area contributed by atoms with Gasteiger partial charge < -0.3 is 4.90 Å². The summed E-state index contributed by atoms with van der Waals surface area (Å²) in [5.41, 5.74) is 13.8. The van der Waals surface area contributed by atoms with E-state index in [2.05, 4.69) is 271 Å². The van der Waals surface area contributed by atoms with Crippen molar-refractivity contribution >= 4 is 114 Å². The van der Waals surface area contributed by atoms with Gasteiger partial charge in [-0.25, -0.2) is 0 Å². The molecule has 0 radical (unpaired) electrons. The maximum Gasteiger partial charge on any atom is 0.0540 e. The van der Waals surface area contributed by atoms with Gasteiger partial charge >= 0.3 is 0 Å². The molecule has 75 heavy (non-hydrogen) atoms. The summed E-state index contributed by atoms with van der Waals surface area (Å²) in [6.07, 6.45) is 0. The molecule has 0 bridgehead atoms. The van der Waals surface area contributed by atoms with Crippen LogP contribution in [0, 0.1) is 0 Å². The Bertz CT molecular complexity index is 4510. The van der Waals surface area contributed by atoms with E-state index in [0.717, 1.165) is 11.4 Å². The van der Waals surface area contributed by atoms with E-state index in [0.29, 0.717) is 0 Å². The topological polar surface area (TPSA) is 3.24 Å². The molecule has 1 heteroatoms. The second-order valence-electron chi connectivity index (χ2n) is 23.1. The van der Waals surface area contributed by atoms with Crippen LogP contribution >= 0.6 is 0 Å². The molecular formula is C74H55N. The fourth-order valence-corrected chi connectivity index (χ4v) is 13.4. The summed E-state index contributed by atoms with van der Waals surface area (Å²) in [5.74, 6) is 0. The lowest BCUT2D eigenvalue weighted by atomic mass is 9.86. The summed E-state index contributed by atoms with van der Waals surface area (Å²) in [6.45, 7) is 13.8. The monoisotopic (exact) mass is 957 g/mol. The number of fused-ring (bicyclic) bond motifs is 8. The van der Waals surface area contributed by atoms with Gasteiger partial charge in [0.25, 0.3) is 0 Å². The molecule has 0 aromatic heterocycles. The summed E-state index contributed by atoms with van der Waals surface area (Å²) in [4.78, 5) is 2.48. The van der Waals surface area contributed by atoms with Crippen LogP contribution in [0.15, 0.2) is 224 Å². The Morgan fingerprint density at radius 1 is 0.240 bits per heavy atom. The molecule has 15 aromatic carbocycles. The lowest BCUT2D eigenvalue weighted by molar-refractivity contribution is 0.590. The Hall–Kier alpha value is -8.78.